The molecule has 0 atom stereocenters. The highest BCUT2D eigenvalue weighted by atomic mass is 32.2. The van der Waals surface area contributed by atoms with Gasteiger partial charge in [-0.2, -0.15) is 5.10 Å². The van der Waals surface area contributed by atoms with Crippen LogP contribution in [0.15, 0.2) is 52.7 Å². The predicted molar refractivity (Wildman–Crippen MR) is 92.3 cm³/mol. The number of aromatic amines is 1. The van der Waals surface area contributed by atoms with Crippen molar-refractivity contribution in [1.29, 1.82) is 0 Å². The summed E-state index contributed by atoms with van der Waals surface area (Å²) in [6.45, 7) is 0. The number of para-hydroxylation sites is 2. The zero-order chi connectivity index (χ0) is 16.9. The second kappa shape index (κ2) is 7.05. The maximum Gasteiger partial charge on any atom is 0.250 e. The number of phenols is 2. The summed E-state index contributed by atoms with van der Waals surface area (Å²) >= 11 is 1.27. The number of carbonyl (C=O) groups is 1. The number of aromatic hydroxyl groups is 2. The third-order valence-electron chi connectivity index (χ3n) is 3.11. The summed E-state index contributed by atoms with van der Waals surface area (Å²) in [7, 11) is 0. The summed E-state index contributed by atoms with van der Waals surface area (Å²) in [4.78, 5) is 19.3. The minimum atomic E-state index is -0.296. The molecule has 1 heterocycles. The highest BCUT2D eigenvalue weighted by molar-refractivity contribution is 7.99. The standard InChI is InChI=1S/C16H14N4O3S/c21-11-6-5-10(14(22)7-11)8-17-20-15(23)9-24-16-18-12-3-1-2-4-13(12)19-16/h1-8,21-22H,9H2,(H,18,19)(H,20,23). The summed E-state index contributed by atoms with van der Waals surface area (Å²) in [5.41, 5.74) is 4.52. The molecule has 0 fully saturated rings. The van der Waals surface area contributed by atoms with Gasteiger partial charge in [0.2, 0.25) is 0 Å². The van der Waals surface area contributed by atoms with E-state index >= 15 is 0 Å². The lowest BCUT2D eigenvalue weighted by atomic mass is 10.2. The van der Waals surface area contributed by atoms with Crippen molar-refractivity contribution < 1.29 is 15.0 Å². The molecule has 0 spiro atoms. The van der Waals surface area contributed by atoms with Gasteiger partial charge < -0.3 is 15.2 Å². The number of nitrogens with zero attached hydrogens (tertiary/aromatic N) is 2. The van der Waals surface area contributed by atoms with Crippen LogP contribution in [0.4, 0.5) is 0 Å². The van der Waals surface area contributed by atoms with Crippen molar-refractivity contribution in [2.45, 2.75) is 5.16 Å². The van der Waals surface area contributed by atoms with Crippen LogP contribution in [0, 0.1) is 0 Å². The first-order valence-electron chi connectivity index (χ1n) is 7.03. The van der Waals surface area contributed by atoms with Gasteiger partial charge in [0.05, 0.1) is 23.0 Å². The van der Waals surface area contributed by atoms with Crippen LogP contribution in [0.3, 0.4) is 0 Å². The molecular weight excluding hydrogens is 328 g/mol. The third kappa shape index (κ3) is 3.85. The van der Waals surface area contributed by atoms with Crippen LogP contribution in [0.2, 0.25) is 0 Å². The SMILES string of the molecule is O=C(CSc1nc2ccccc2[nH]1)NN=Cc1ccc(O)cc1O. The number of hydrogen-bond donors (Lipinski definition) is 4. The molecule has 0 aliphatic carbocycles. The van der Waals surface area contributed by atoms with Crippen LogP contribution in [0.1, 0.15) is 5.56 Å². The average molecular weight is 342 g/mol. The molecule has 0 radical (unpaired) electrons. The van der Waals surface area contributed by atoms with Gasteiger partial charge in [-0.1, -0.05) is 23.9 Å². The molecule has 0 unspecified atom stereocenters. The molecule has 24 heavy (non-hydrogen) atoms. The summed E-state index contributed by atoms with van der Waals surface area (Å²) < 4.78 is 0. The van der Waals surface area contributed by atoms with E-state index in [-0.39, 0.29) is 23.2 Å². The van der Waals surface area contributed by atoms with E-state index in [4.69, 9.17) is 0 Å². The lowest BCUT2D eigenvalue weighted by molar-refractivity contribution is -0.118. The number of hydrazone groups is 1. The number of rotatable bonds is 5. The topological polar surface area (TPSA) is 111 Å². The van der Waals surface area contributed by atoms with Gasteiger partial charge >= 0.3 is 0 Å². The number of aromatic nitrogens is 2. The van der Waals surface area contributed by atoms with Gasteiger partial charge in [-0.05, 0) is 24.3 Å². The van der Waals surface area contributed by atoms with Gasteiger partial charge in [0.1, 0.15) is 11.5 Å². The molecule has 0 saturated carbocycles. The number of hydrogen-bond acceptors (Lipinski definition) is 6. The summed E-state index contributed by atoms with van der Waals surface area (Å²) in [5.74, 6) is -0.311. The van der Waals surface area contributed by atoms with E-state index in [1.54, 1.807) is 0 Å². The molecule has 0 aliphatic heterocycles. The fourth-order valence-electron chi connectivity index (χ4n) is 1.98. The highest BCUT2D eigenvalue weighted by Gasteiger charge is 2.06. The average Bonchev–Trinajstić information content (AvgIpc) is 2.98. The Labute approximate surface area is 141 Å². The van der Waals surface area contributed by atoms with Crippen molar-refractivity contribution in [3.63, 3.8) is 0 Å². The largest absolute Gasteiger partial charge is 0.508 e. The number of carbonyl (C=O) groups excluding carboxylic acids is 1. The minimum Gasteiger partial charge on any atom is -0.508 e. The molecule has 0 bridgehead atoms. The Kier molecular flexibility index (Phi) is 4.66. The van der Waals surface area contributed by atoms with Gasteiger partial charge in [0.15, 0.2) is 5.16 Å². The molecule has 1 aromatic heterocycles. The van der Waals surface area contributed by atoms with Crippen LogP contribution < -0.4 is 5.43 Å². The zero-order valence-corrected chi connectivity index (χ0v) is 13.2. The van der Waals surface area contributed by atoms with Crippen molar-refractivity contribution in [1.82, 2.24) is 15.4 Å². The van der Waals surface area contributed by atoms with Crippen molar-refractivity contribution in [3.8, 4) is 11.5 Å². The Morgan fingerprint density at radius 3 is 2.92 bits per heavy atom. The number of benzene rings is 2. The van der Waals surface area contributed by atoms with Crippen LogP contribution in [0.25, 0.3) is 11.0 Å². The van der Waals surface area contributed by atoms with Crippen LogP contribution in [-0.2, 0) is 4.79 Å². The fraction of sp³-hybridized carbons (Fsp3) is 0.0625. The normalized spacial score (nSPS) is 11.2. The maximum absolute atomic E-state index is 11.8. The quantitative estimate of drug-likeness (QED) is 0.323. The molecule has 4 N–H and O–H groups in total. The molecule has 8 heteroatoms. The number of imidazole rings is 1. The van der Waals surface area contributed by atoms with E-state index in [9.17, 15) is 15.0 Å². The number of amides is 1. The van der Waals surface area contributed by atoms with E-state index < -0.39 is 0 Å². The minimum absolute atomic E-state index is 0.0454. The molecule has 1 amide bonds. The Morgan fingerprint density at radius 1 is 1.29 bits per heavy atom. The Hall–Kier alpha value is -3.00. The smallest absolute Gasteiger partial charge is 0.250 e. The lowest BCUT2D eigenvalue weighted by Crippen LogP contribution is -2.19. The van der Waals surface area contributed by atoms with Gasteiger partial charge in [-0.3, -0.25) is 4.79 Å². The second-order valence-electron chi connectivity index (χ2n) is 4.88. The van der Waals surface area contributed by atoms with Crippen molar-refractivity contribution in [3.05, 3.63) is 48.0 Å². The van der Waals surface area contributed by atoms with E-state index in [0.29, 0.717) is 10.7 Å². The summed E-state index contributed by atoms with van der Waals surface area (Å²) in [6, 6.07) is 11.7. The number of thioether (sulfide) groups is 1. The molecular formula is C16H14N4O3S. The number of phenolic OH excluding ortho intramolecular Hbond substituents is 2. The Bertz CT molecular complexity index is 874. The van der Waals surface area contributed by atoms with Gasteiger partial charge in [0, 0.05) is 11.6 Å². The molecule has 2 aromatic carbocycles. The maximum atomic E-state index is 11.8. The summed E-state index contributed by atoms with van der Waals surface area (Å²) in [5, 5.41) is 23.2. The fourth-order valence-corrected chi connectivity index (χ4v) is 2.66. The van der Waals surface area contributed by atoms with E-state index in [1.807, 2.05) is 24.3 Å². The van der Waals surface area contributed by atoms with Crippen molar-refractivity contribution >= 4 is 34.9 Å². The van der Waals surface area contributed by atoms with Gasteiger partial charge in [-0.25, -0.2) is 10.4 Å². The van der Waals surface area contributed by atoms with Gasteiger partial charge in [-0.15, -0.1) is 0 Å². The molecule has 0 aliphatic rings. The van der Waals surface area contributed by atoms with Crippen LogP contribution in [0.5, 0.6) is 11.5 Å². The Balaban J connectivity index is 1.53. The molecule has 3 aromatic rings. The first-order valence-corrected chi connectivity index (χ1v) is 8.02. The number of H-pyrrole nitrogens is 1. The third-order valence-corrected chi connectivity index (χ3v) is 3.99. The molecule has 7 nitrogen and oxygen atoms in total. The Morgan fingerprint density at radius 2 is 2.12 bits per heavy atom. The highest BCUT2D eigenvalue weighted by Crippen LogP contribution is 2.21. The first-order chi connectivity index (χ1) is 11.6. The predicted octanol–water partition coefficient (Wildman–Crippen LogP) is 2.22. The lowest BCUT2D eigenvalue weighted by Gasteiger charge is -2.00. The number of nitrogens with one attached hydrogen (secondary N) is 2. The second-order valence-corrected chi connectivity index (χ2v) is 5.85. The van der Waals surface area contributed by atoms with Crippen LogP contribution in [-0.4, -0.2) is 38.1 Å². The first kappa shape index (κ1) is 15.9. The van der Waals surface area contributed by atoms with E-state index in [1.165, 1.54) is 36.2 Å². The zero-order valence-electron chi connectivity index (χ0n) is 12.4. The number of fused-ring (bicyclic) bond motifs is 1. The van der Waals surface area contributed by atoms with Crippen LogP contribution >= 0.6 is 11.8 Å². The molecule has 0 saturated heterocycles. The summed E-state index contributed by atoms with van der Waals surface area (Å²) in [6.07, 6.45) is 1.30. The molecule has 122 valence electrons. The van der Waals surface area contributed by atoms with Crippen molar-refractivity contribution in [2.24, 2.45) is 5.10 Å². The molecule has 3 rings (SSSR count). The van der Waals surface area contributed by atoms with E-state index in [0.717, 1.165) is 11.0 Å². The monoisotopic (exact) mass is 342 g/mol. The van der Waals surface area contributed by atoms with Crippen molar-refractivity contribution in [2.75, 3.05) is 5.75 Å². The van der Waals surface area contributed by atoms with E-state index in [2.05, 4.69) is 20.5 Å². The van der Waals surface area contributed by atoms with Gasteiger partial charge in [0.25, 0.3) is 5.91 Å².